The van der Waals surface area contributed by atoms with Gasteiger partial charge in [0.2, 0.25) is 15.8 Å². The lowest BCUT2D eigenvalue weighted by atomic mass is 10.1. The molecule has 1 fully saturated rings. The van der Waals surface area contributed by atoms with E-state index < -0.39 is 26.5 Å². The van der Waals surface area contributed by atoms with Gasteiger partial charge in [0.1, 0.15) is 0 Å². The lowest BCUT2D eigenvalue weighted by Crippen LogP contribution is -2.42. The highest BCUT2D eigenvalue weighted by molar-refractivity contribution is 7.89. The highest BCUT2D eigenvalue weighted by Crippen LogP contribution is 2.22. The zero-order chi connectivity index (χ0) is 14.8. The summed E-state index contributed by atoms with van der Waals surface area (Å²) in [7, 11) is -3.88. The number of piperidine rings is 1. The predicted molar refractivity (Wildman–Crippen MR) is 69.3 cm³/mol. The Labute approximate surface area is 115 Å². The Morgan fingerprint density at radius 1 is 1.35 bits per heavy atom. The van der Waals surface area contributed by atoms with E-state index in [-0.39, 0.29) is 10.9 Å². The van der Waals surface area contributed by atoms with E-state index in [2.05, 4.69) is 10.0 Å². The zero-order valence-electron chi connectivity index (χ0n) is 10.5. The SMILES string of the molecule is O=[N+]([O-])c1cc(S(=O)(=O)NC2CCNCC2)ccc1F. The fourth-order valence-electron chi connectivity index (χ4n) is 2.03. The molecular weight excluding hydrogens is 289 g/mol. The highest BCUT2D eigenvalue weighted by Gasteiger charge is 2.25. The number of halogens is 1. The summed E-state index contributed by atoms with van der Waals surface area (Å²) in [5.74, 6) is -1.06. The van der Waals surface area contributed by atoms with Crippen molar-refractivity contribution in [2.24, 2.45) is 0 Å². The van der Waals surface area contributed by atoms with Gasteiger partial charge in [-0.1, -0.05) is 0 Å². The number of nitrogens with one attached hydrogen (secondary N) is 2. The number of benzene rings is 1. The van der Waals surface area contributed by atoms with Crippen LogP contribution < -0.4 is 10.0 Å². The maximum Gasteiger partial charge on any atom is 0.306 e. The average molecular weight is 303 g/mol. The van der Waals surface area contributed by atoms with Crippen molar-refractivity contribution in [2.45, 2.75) is 23.8 Å². The minimum atomic E-state index is -3.88. The van der Waals surface area contributed by atoms with Crippen molar-refractivity contribution < 1.29 is 17.7 Å². The summed E-state index contributed by atoms with van der Waals surface area (Å²) in [6, 6.07) is 2.32. The molecule has 0 spiro atoms. The molecule has 1 aromatic carbocycles. The molecule has 1 aromatic rings. The van der Waals surface area contributed by atoms with Gasteiger partial charge in [0.15, 0.2) is 0 Å². The van der Waals surface area contributed by atoms with E-state index in [0.717, 1.165) is 18.2 Å². The number of nitro benzene ring substituents is 1. The van der Waals surface area contributed by atoms with Crippen molar-refractivity contribution >= 4 is 15.7 Å². The normalized spacial score (nSPS) is 17.1. The summed E-state index contributed by atoms with van der Waals surface area (Å²) in [6.07, 6.45) is 1.28. The third kappa shape index (κ3) is 3.30. The molecule has 0 atom stereocenters. The second kappa shape index (κ2) is 5.81. The lowest BCUT2D eigenvalue weighted by Gasteiger charge is -2.23. The van der Waals surface area contributed by atoms with Gasteiger partial charge in [-0.15, -0.1) is 0 Å². The van der Waals surface area contributed by atoms with Crippen LogP contribution in [0.15, 0.2) is 23.1 Å². The first-order chi connectivity index (χ1) is 9.40. The molecule has 0 aliphatic carbocycles. The van der Waals surface area contributed by atoms with E-state index in [9.17, 15) is 22.9 Å². The molecule has 1 saturated heterocycles. The van der Waals surface area contributed by atoms with E-state index in [0.29, 0.717) is 25.9 Å². The van der Waals surface area contributed by atoms with E-state index in [1.807, 2.05) is 0 Å². The van der Waals surface area contributed by atoms with Crippen LogP contribution in [0.25, 0.3) is 0 Å². The van der Waals surface area contributed by atoms with Crippen LogP contribution in [0.1, 0.15) is 12.8 Å². The van der Waals surface area contributed by atoms with Gasteiger partial charge in [0.05, 0.1) is 9.82 Å². The van der Waals surface area contributed by atoms with Crippen molar-refractivity contribution in [2.75, 3.05) is 13.1 Å². The number of hydrogen-bond acceptors (Lipinski definition) is 5. The summed E-state index contributed by atoms with van der Waals surface area (Å²) in [5, 5.41) is 13.7. The van der Waals surface area contributed by atoms with Crippen LogP contribution in [0.2, 0.25) is 0 Å². The molecule has 0 radical (unpaired) electrons. The molecule has 0 saturated carbocycles. The van der Waals surface area contributed by atoms with E-state index >= 15 is 0 Å². The van der Waals surface area contributed by atoms with Crippen molar-refractivity contribution in [1.29, 1.82) is 0 Å². The third-order valence-electron chi connectivity index (χ3n) is 3.09. The molecule has 0 amide bonds. The molecule has 0 bridgehead atoms. The minimum Gasteiger partial charge on any atom is -0.317 e. The van der Waals surface area contributed by atoms with Crippen molar-refractivity contribution in [3.8, 4) is 0 Å². The van der Waals surface area contributed by atoms with Crippen molar-refractivity contribution in [3.63, 3.8) is 0 Å². The van der Waals surface area contributed by atoms with Gasteiger partial charge in [-0.3, -0.25) is 10.1 Å². The summed E-state index contributed by atoms with van der Waals surface area (Å²) in [6.45, 7) is 1.41. The predicted octanol–water partition coefficient (Wildman–Crippen LogP) is 0.764. The molecular formula is C11H14FN3O4S. The summed E-state index contributed by atoms with van der Waals surface area (Å²) in [5.41, 5.74) is -0.849. The molecule has 110 valence electrons. The minimum absolute atomic E-state index is 0.217. The van der Waals surface area contributed by atoms with Crippen LogP contribution >= 0.6 is 0 Å². The summed E-state index contributed by atoms with van der Waals surface area (Å²) < 4.78 is 39.9. The first kappa shape index (κ1) is 14.8. The van der Waals surface area contributed by atoms with Crippen LogP contribution in [0.3, 0.4) is 0 Å². The van der Waals surface area contributed by atoms with Crippen LogP contribution in [-0.4, -0.2) is 32.5 Å². The van der Waals surface area contributed by atoms with E-state index in [4.69, 9.17) is 0 Å². The molecule has 1 heterocycles. The number of hydrogen-bond donors (Lipinski definition) is 2. The fourth-order valence-corrected chi connectivity index (χ4v) is 3.35. The Bertz CT molecular complexity index is 614. The fraction of sp³-hybridized carbons (Fsp3) is 0.455. The Morgan fingerprint density at radius 3 is 2.60 bits per heavy atom. The van der Waals surface area contributed by atoms with Crippen LogP contribution in [-0.2, 0) is 10.0 Å². The Morgan fingerprint density at radius 2 is 2.00 bits per heavy atom. The topological polar surface area (TPSA) is 101 Å². The molecule has 20 heavy (non-hydrogen) atoms. The van der Waals surface area contributed by atoms with Gasteiger partial charge in [0, 0.05) is 12.1 Å². The third-order valence-corrected chi connectivity index (χ3v) is 4.60. The highest BCUT2D eigenvalue weighted by atomic mass is 32.2. The maximum atomic E-state index is 13.2. The van der Waals surface area contributed by atoms with E-state index in [1.165, 1.54) is 0 Å². The molecule has 1 aliphatic heterocycles. The van der Waals surface area contributed by atoms with Gasteiger partial charge in [-0.2, -0.15) is 4.39 Å². The van der Waals surface area contributed by atoms with Gasteiger partial charge < -0.3 is 5.32 Å². The summed E-state index contributed by atoms with van der Waals surface area (Å²) in [4.78, 5) is 9.39. The summed E-state index contributed by atoms with van der Waals surface area (Å²) >= 11 is 0. The molecule has 1 aliphatic rings. The molecule has 0 unspecified atom stereocenters. The molecule has 2 rings (SSSR count). The molecule has 2 N–H and O–H groups in total. The molecule has 7 nitrogen and oxygen atoms in total. The van der Waals surface area contributed by atoms with Gasteiger partial charge in [-0.05, 0) is 38.1 Å². The molecule has 9 heteroatoms. The number of nitrogens with zero attached hydrogens (tertiary/aromatic N) is 1. The number of nitro groups is 1. The van der Waals surface area contributed by atoms with Crippen LogP contribution in [0, 0.1) is 15.9 Å². The smallest absolute Gasteiger partial charge is 0.306 e. The van der Waals surface area contributed by atoms with Crippen LogP contribution in [0.5, 0.6) is 0 Å². The number of sulfonamides is 1. The maximum absolute atomic E-state index is 13.2. The second-order valence-corrected chi connectivity index (χ2v) is 6.23. The first-order valence-electron chi connectivity index (χ1n) is 6.07. The second-order valence-electron chi connectivity index (χ2n) is 4.52. The quantitative estimate of drug-likeness (QED) is 0.632. The van der Waals surface area contributed by atoms with Crippen molar-refractivity contribution in [1.82, 2.24) is 10.0 Å². The molecule has 0 aromatic heterocycles. The first-order valence-corrected chi connectivity index (χ1v) is 7.55. The van der Waals surface area contributed by atoms with Gasteiger partial charge >= 0.3 is 5.69 Å². The van der Waals surface area contributed by atoms with E-state index in [1.54, 1.807) is 0 Å². The largest absolute Gasteiger partial charge is 0.317 e. The Balaban J connectivity index is 2.24. The van der Waals surface area contributed by atoms with Gasteiger partial charge in [0.25, 0.3) is 0 Å². The monoisotopic (exact) mass is 303 g/mol. The average Bonchev–Trinajstić information content (AvgIpc) is 2.39. The lowest BCUT2D eigenvalue weighted by molar-refractivity contribution is -0.387. The van der Waals surface area contributed by atoms with Crippen LogP contribution in [0.4, 0.5) is 10.1 Å². The Hall–Kier alpha value is -1.58. The number of rotatable bonds is 4. The van der Waals surface area contributed by atoms with Crippen molar-refractivity contribution in [3.05, 3.63) is 34.1 Å². The van der Waals surface area contributed by atoms with Gasteiger partial charge in [-0.25, -0.2) is 13.1 Å². The zero-order valence-corrected chi connectivity index (χ0v) is 11.3. The standard InChI is InChI=1S/C11H14FN3O4S/c12-10-2-1-9(7-11(10)15(16)17)20(18,19)14-8-3-5-13-6-4-8/h1-2,7-8,13-14H,3-6H2. The Kier molecular flexibility index (Phi) is 4.31.